The monoisotopic (exact) mass is 638 g/mol. The van der Waals surface area contributed by atoms with Crippen molar-refractivity contribution in [2.24, 2.45) is 0 Å². The zero-order valence-electron chi connectivity index (χ0n) is 24.9. The Morgan fingerprint density at radius 2 is 1.57 bits per heavy atom. The maximum Gasteiger partial charge on any atom is 0.573 e. The summed E-state index contributed by atoms with van der Waals surface area (Å²) in [4.78, 5) is 46.4. The Labute approximate surface area is 261 Å². The van der Waals surface area contributed by atoms with Crippen molar-refractivity contribution in [3.05, 3.63) is 102 Å². The van der Waals surface area contributed by atoms with Gasteiger partial charge in [0.05, 0.1) is 16.6 Å². The lowest BCUT2D eigenvalue weighted by Crippen LogP contribution is -2.54. The van der Waals surface area contributed by atoms with Crippen molar-refractivity contribution in [2.75, 3.05) is 31.5 Å². The molecule has 1 aliphatic rings. The van der Waals surface area contributed by atoms with E-state index in [1.54, 1.807) is 55.3 Å². The summed E-state index contributed by atoms with van der Waals surface area (Å²) in [7, 11) is 0. The van der Waals surface area contributed by atoms with Crippen LogP contribution in [0, 0.1) is 5.82 Å². The molecule has 0 spiro atoms. The summed E-state index contributed by atoms with van der Waals surface area (Å²) in [6.45, 7) is 3.92. The van der Waals surface area contributed by atoms with Crippen molar-refractivity contribution >= 4 is 34.5 Å². The van der Waals surface area contributed by atoms with E-state index in [2.05, 4.69) is 15.0 Å². The van der Waals surface area contributed by atoms with Gasteiger partial charge in [-0.15, -0.1) is 13.2 Å². The van der Waals surface area contributed by atoms with Crippen molar-refractivity contribution in [1.82, 2.24) is 14.8 Å². The van der Waals surface area contributed by atoms with Gasteiger partial charge >= 0.3 is 12.5 Å². The van der Waals surface area contributed by atoms with Gasteiger partial charge in [0, 0.05) is 48.9 Å². The van der Waals surface area contributed by atoms with E-state index in [1.165, 1.54) is 23.1 Å². The largest absolute Gasteiger partial charge is 0.573 e. The topological polar surface area (TPSA) is 101 Å². The van der Waals surface area contributed by atoms with E-state index in [0.717, 1.165) is 17.5 Å². The lowest BCUT2D eigenvalue weighted by molar-refractivity contribution is -0.274. The molecule has 0 radical (unpaired) electrons. The molecule has 13 heteroatoms. The quantitative estimate of drug-likeness (QED) is 0.239. The number of nitrogens with one attached hydrogen (secondary N) is 1. The van der Waals surface area contributed by atoms with Gasteiger partial charge in [-0.2, -0.15) is 0 Å². The zero-order chi connectivity index (χ0) is 33.1. The van der Waals surface area contributed by atoms with Crippen LogP contribution in [0.4, 0.5) is 28.0 Å². The van der Waals surface area contributed by atoms with Crippen LogP contribution in [0.5, 0.6) is 5.75 Å². The number of benzene rings is 3. The van der Waals surface area contributed by atoms with Crippen molar-refractivity contribution in [1.29, 1.82) is 0 Å². The van der Waals surface area contributed by atoms with Crippen LogP contribution in [0.1, 0.15) is 35.3 Å². The molecule has 5 rings (SSSR count). The molecule has 1 saturated heterocycles. The fourth-order valence-electron chi connectivity index (χ4n) is 5.22. The average molecular weight is 639 g/mol. The van der Waals surface area contributed by atoms with Gasteiger partial charge in [0.15, 0.2) is 5.75 Å². The SMILES string of the molecule is CC(C)(C(=O)N1CCN(C(=O)c2ccc(NC(=O)OCc3cccc4cccnc34)c(OC(F)(F)F)c2)CC1)c1ccc(F)cc1. The van der Waals surface area contributed by atoms with Crippen LogP contribution in [-0.2, 0) is 21.6 Å². The Hall–Kier alpha value is -5.20. The number of carbonyl (C=O) groups excluding carboxylic acids is 3. The molecule has 1 aromatic heterocycles. The molecular weight excluding hydrogens is 608 g/mol. The number of alkyl halides is 3. The second-order valence-electron chi connectivity index (χ2n) is 11.2. The number of fused-ring (bicyclic) bond motifs is 1. The van der Waals surface area contributed by atoms with Crippen LogP contribution in [0.25, 0.3) is 10.9 Å². The molecule has 0 unspecified atom stereocenters. The molecule has 240 valence electrons. The third-order valence-corrected chi connectivity index (χ3v) is 7.72. The van der Waals surface area contributed by atoms with Gasteiger partial charge in [-0.05, 0) is 55.8 Å². The van der Waals surface area contributed by atoms with Gasteiger partial charge in [0.1, 0.15) is 12.4 Å². The van der Waals surface area contributed by atoms with Crippen molar-refractivity contribution in [3.8, 4) is 5.75 Å². The average Bonchev–Trinajstić information content (AvgIpc) is 3.03. The standard InChI is InChI=1S/C33H30F4N4O5/c1-32(2,24-9-11-25(34)12-10-24)30(43)41-17-15-40(16-18-41)29(42)22-8-13-26(27(19-22)46-33(35,36)37)39-31(44)45-20-23-6-3-5-21-7-4-14-38-28(21)23/h3-14,19H,15-18,20H2,1-2H3,(H,39,44). The maximum atomic E-state index is 13.4. The number of anilines is 1. The van der Waals surface area contributed by atoms with E-state index in [1.807, 2.05) is 12.1 Å². The second-order valence-corrected chi connectivity index (χ2v) is 11.2. The van der Waals surface area contributed by atoms with E-state index in [9.17, 15) is 31.9 Å². The molecule has 4 aromatic rings. The summed E-state index contributed by atoms with van der Waals surface area (Å²) in [5, 5.41) is 3.08. The number of piperazine rings is 1. The van der Waals surface area contributed by atoms with E-state index in [-0.39, 0.29) is 49.9 Å². The highest BCUT2D eigenvalue weighted by Gasteiger charge is 2.36. The zero-order valence-corrected chi connectivity index (χ0v) is 24.9. The van der Waals surface area contributed by atoms with Crippen LogP contribution in [0.2, 0.25) is 0 Å². The highest BCUT2D eigenvalue weighted by Crippen LogP contribution is 2.33. The van der Waals surface area contributed by atoms with Gasteiger partial charge in [-0.1, -0.05) is 36.4 Å². The molecule has 3 amide bonds. The van der Waals surface area contributed by atoms with E-state index in [0.29, 0.717) is 16.6 Å². The van der Waals surface area contributed by atoms with E-state index >= 15 is 0 Å². The first-order valence-electron chi connectivity index (χ1n) is 14.3. The lowest BCUT2D eigenvalue weighted by atomic mass is 9.83. The summed E-state index contributed by atoms with van der Waals surface area (Å²) in [5.74, 6) is -1.99. The molecule has 1 fully saturated rings. The first-order valence-corrected chi connectivity index (χ1v) is 14.3. The number of halogens is 4. The number of ether oxygens (including phenoxy) is 2. The fraction of sp³-hybridized carbons (Fsp3) is 0.273. The Balaban J connectivity index is 1.24. The van der Waals surface area contributed by atoms with Gasteiger partial charge < -0.3 is 19.3 Å². The predicted octanol–water partition coefficient (Wildman–Crippen LogP) is 6.28. The summed E-state index contributed by atoms with van der Waals surface area (Å²) in [6, 6.07) is 17.9. The van der Waals surface area contributed by atoms with Crippen LogP contribution >= 0.6 is 0 Å². The minimum atomic E-state index is -5.11. The summed E-state index contributed by atoms with van der Waals surface area (Å²) >= 11 is 0. The molecule has 0 atom stereocenters. The number of carbonyl (C=O) groups is 3. The normalized spacial score (nSPS) is 13.8. The Morgan fingerprint density at radius 1 is 0.891 bits per heavy atom. The molecule has 1 aliphatic heterocycles. The highest BCUT2D eigenvalue weighted by atomic mass is 19.4. The Morgan fingerprint density at radius 3 is 2.26 bits per heavy atom. The molecular formula is C33H30F4N4O5. The molecule has 0 aliphatic carbocycles. The third-order valence-electron chi connectivity index (χ3n) is 7.72. The van der Waals surface area contributed by atoms with Gasteiger partial charge in [0.2, 0.25) is 5.91 Å². The van der Waals surface area contributed by atoms with Crippen LogP contribution in [-0.4, -0.2) is 65.2 Å². The molecule has 1 N–H and O–H groups in total. The third kappa shape index (κ3) is 7.36. The number of hydrogen-bond acceptors (Lipinski definition) is 6. The molecule has 46 heavy (non-hydrogen) atoms. The number of pyridine rings is 1. The molecule has 9 nitrogen and oxygen atoms in total. The second kappa shape index (κ2) is 13.0. The number of para-hydroxylation sites is 1. The predicted molar refractivity (Wildman–Crippen MR) is 161 cm³/mol. The number of hydrogen-bond donors (Lipinski definition) is 1. The van der Waals surface area contributed by atoms with Gasteiger partial charge in [-0.25, -0.2) is 9.18 Å². The molecule has 3 aromatic carbocycles. The smallest absolute Gasteiger partial charge is 0.444 e. The van der Waals surface area contributed by atoms with E-state index < -0.39 is 35.3 Å². The summed E-state index contributed by atoms with van der Waals surface area (Å²) in [5.41, 5.74) is 0.447. The summed E-state index contributed by atoms with van der Waals surface area (Å²) in [6.07, 6.45) is -4.56. The number of amides is 3. The molecule has 0 saturated carbocycles. The van der Waals surface area contributed by atoms with Crippen molar-refractivity contribution in [2.45, 2.75) is 32.2 Å². The summed E-state index contributed by atoms with van der Waals surface area (Å²) < 4.78 is 62.6. The van der Waals surface area contributed by atoms with Gasteiger partial charge in [-0.3, -0.25) is 19.9 Å². The van der Waals surface area contributed by atoms with Gasteiger partial charge in [0.25, 0.3) is 5.91 Å². The van der Waals surface area contributed by atoms with Crippen molar-refractivity contribution in [3.63, 3.8) is 0 Å². The fourth-order valence-corrected chi connectivity index (χ4v) is 5.22. The number of rotatable bonds is 7. The molecule has 0 bridgehead atoms. The number of aromatic nitrogens is 1. The highest BCUT2D eigenvalue weighted by molar-refractivity contribution is 5.97. The maximum absolute atomic E-state index is 13.4. The van der Waals surface area contributed by atoms with Crippen LogP contribution in [0.3, 0.4) is 0 Å². The Bertz CT molecular complexity index is 1750. The Kier molecular flexibility index (Phi) is 9.12. The first kappa shape index (κ1) is 32.2. The minimum Gasteiger partial charge on any atom is -0.444 e. The van der Waals surface area contributed by atoms with E-state index in [4.69, 9.17) is 4.74 Å². The van der Waals surface area contributed by atoms with Crippen LogP contribution in [0.15, 0.2) is 79.0 Å². The number of nitrogens with zero attached hydrogens (tertiary/aromatic N) is 3. The lowest BCUT2D eigenvalue weighted by Gasteiger charge is -2.39. The minimum absolute atomic E-state index is 0.105. The first-order chi connectivity index (χ1) is 21.8. The molecule has 2 heterocycles. The van der Waals surface area contributed by atoms with Crippen molar-refractivity contribution < 1.29 is 41.4 Å². The van der Waals surface area contributed by atoms with Crippen LogP contribution < -0.4 is 10.1 Å².